The Balaban J connectivity index is 1.48. The number of unbranched alkanes of at least 4 members (excludes halogenated alkanes) is 13. The Labute approximate surface area is 192 Å². The molecule has 182 valence electrons. The van der Waals surface area contributed by atoms with E-state index >= 15 is 0 Å². The lowest BCUT2D eigenvalue weighted by atomic mass is 9.81. The second kappa shape index (κ2) is 16.0. The monoisotopic (exact) mass is 437 g/mol. The molecule has 31 heavy (non-hydrogen) atoms. The first-order valence-electron chi connectivity index (χ1n) is 13.6. The van der Waals surface area contributed by atoms with Gasteiger partial charge in [0.25, 0.3) is 5.91 Å². The van der Waals surface area contributed by atoms with E-state index in [4.69, 9.17) is 5.21 Å². The van der Waals surface area contributed by atoms with Gasteiger partial charge in [0.05, 0.1) is 13.2 Å². The molecule has 1 aliphatic heterocycles. The van der Waals surface area contributed by atoms with Gasteiger partial charge < -0.3 is 0 Å². The zero-order valence-corrected chi connectivity index (χ0v) is 20.5. The quantitative estimate of drug-likeness (QED) is 0.160. The highest BCUT2D eigenvalue weighted by atomic mass is 16.5. The smallest absolute Gasteiger partial charge is 0.257 e. The van der Waals surface area contributed by atoms with Crippen molar-refractivity contribution in [3.8, 4) is 0 Å². The van der Waals surface area contributed by atoms with Crippen molar-refractivity contribution in [1.82, 2.24) is 15.3 Å². The van der Waals surface area contributed by atoms with Crippen LogP contribution in [0.15, 0.2) is 0 Å². The molecule has 2 rings (SSSR count). The molecular formula is C26H51N3O2. The maximum absolute atomic E-state index is 11.8. The molecule has 2 aliphatic rings. The van der Waals surface area contributed by atoms with E-state index < -0.39 is 0 Å². The van der Waals surface area contributed by atoms with Gasteiger partial charge in [-0.2, -0.15) is 0 Å². The zero-order valence-electron chi connectivity index (χ0n) is 20.5. The molecule has 5 heteroatoms. The molecular weight excluding hydrogens is 386 g/mol. The molecule has 0 unspecified atom stereocenters. The summed E-state index contributed by atoms with van der Waals surface area (Å²) in [6.07, 6.45) is 25.8. The second-order valence-corrected chi connectivity index (χ2v) is 10.3. The van der Waals surface area contributed by atoms with Crippen LogP contribution < -0.4 is 5.48 Å². The van der Waals surface area contributed by atoms with Gasteiger partial charge in [-0.25, -0.2) is 5.48 Å². The zero-order chi connectivity index (χ0) is 22.2. The third kappa shape index (κ3) is 10.2. The molecule has 0 aromatic rings. The maximum Gasteiger partial charge on any atom is 0.257 e. The normalized spacial score (nSPS) is 19.3. The van der Waals surface area contributed by atoms with E-state index in [1.54, 1.807) is 0 Å². The summed E-state index contributed by atoms with van der Waals surface area (Å²) >= 11 is 0. The van der Waals surface area contributed by atoms with Crippen LogP contribution in [0.2, 0.25) is 0 Å². The summed E-state index contributed by atoms with van der Waals surface area (Å²) in [5.74, 6) is -0.275. The van der Waals surface area contributed by atoms with Gasteiger partial charge in [-0.3, -0.25) is 19.8 Å². The van der Waals surface area contributed by atoms with Gasteiger partial charge in [-0.05, 0) is 25.8 Å². The third-order valence-corrected chi connectivity index (χ3v) is 7.63. The molecule has 0 radical (unpaired) electrons. The van der Waals surface area contributed by atoms with E-state index in [9.17, 15) is 4.79 Å². The molecule has 1 aliphatic carbocycles. The van der Waals surface area contributed by atoms with Crippen molar-refractivity contribution in [2.24, 2.45) is 0 Å². The Morgan fingerprint density at radius 1 is 0.806 bits per heavy atom. The number of carbonyl (C=O) groups excluding carboxylic acids is 1. The fourth-order valence-electron chi connectivity index (χ4n) is 5.75. The number of hydrogen-bond donors (Lipinski definition) is 2. The van der Waals surface area contributed by atoms with Gasteiger partial charge in [0.2, 0.25) is 0 Å². The van der Waals surface area contributed by atoms with Crippen molar-refractivity contribution in [2.45, 2.75) is 134 Å². The number of nitrogens with one attached hydrogen (secondary N) is 1. The van der Waals surface area contributed by atoms with E-state index in [0.717, 1.165) is 19.8 Å². The Morgan fingerprint density at radius 2 is 1.32 bits per heavy atom. The molecule has 0 atom stereocenters. The minimum atomic E-state index is -0.275. The fourth-order valence-corrected chi connectivity index (χ4v) is 5.75. The molecule has 1 saturated carbocycles. The summed E-state index contributed by atoms with van der Waals surface area (Å²) in [6, 6.07) is 0. The molecule has 0 bridgehead atoms. The van der Waals surface area contributed by atoms with E-state index in [-0.39, 0.29) is 11.4 Å². The Kier molecular flexibility index (Phi) is 13.8. The van der Waals surface area contributed by atoms with Gasteiger partial charge in [0.15, 0.2) is 0 Å². The van der Waals surface area contributed by atoms with E-state index in [1.807, 2.05) is 5.48 Å². The van der Waals surface area contributed by atoms with Gasteiger partial charge in [0.1, 0.15) is 0 Å². The lowest BCUT2D eigenvalue weighted by Gasteiger charge is -2.40. The van der Waals surface area contributed by atoms with E-state index in [0.29, 0.717) is 6.54 Å². The SMILES string of the molecule is CCCCCCCCCCCCCCCCN1CN(CC(=O)NO)C2(CCCCC2)C1. The van der Waals surface area contributed by atoms with Crippen molar-refractivity contribution in [1.29, 1.82) is 0 Å². The third-order valence-electron chi connectivity index (χ3n) is 7.63. The van der Waals surface area contributed by atoms with Gasteiger partial charge in [-0.15, -0.1) is 0 Å². The number of nitrogens with zero attached hydrogens (tertiary/aromatic N) is 2. The highest BCUT2D eigenvalue weighted by molar-refractivity contribution is 5.76. The summed E-state index contributed by atoms with van der Waals surface area (Å²) in [7, 11) is 0. The number of hydrogen-bond acceptors (Lipinski definition) is 4. The van der Waals surface area contributed by atoms with Crippen LogP contribution in [0, 0.1) is 0 Å². The lowest BCUT2D eigenvalue weighted by molar-refractivity contribution is -0.131. The van der Waals surface area contributed by atoms with Crippen molar-refractivity contribution in [2.75, 3.05) is 26.3 Å². The summed E-state index contributed by atoms with van der Waals surface area (Å²) < 4.78 is 0. The summed E-state index contributed by atoms with van der Waals surface area (Å²) in [6.45, 7) is 5.74. The molecule has 1 spiro atoms. The first-order chi connectivity index (χ1) is 15.2. The second-order valence-electron chi connectivity index (χ2n) is 10.3. The van der Waals surface area contributed by atoms with Crippen molar-refractivity contribution < 1.29 is 10.0 Å². The van der Waals surface area contributed by atoms with Crippen LogP contribution >= 0.6 is 0 Å². The van der Waals surface area contributed by atoms with Gasteiger partial charge >= 0.3 is 0 Å². The summed E-state index contributed by atoms with van der Waals surface area (Å²) in [4.78, 5) is 16.7. The summed E-state index contributed by atoms with van der Waals surface area (Å²) in [5.41, 5.74) is 1.99. The minimum Gasteiger partial charge on any atom is -0.289 e. The molecule has 1 saturated heterocycles. The molecule has 5 nitrogen and oxygen atoms in total. The minimum absolute atomic E-state index is 0.167. The molecule has 2 N–H and O–H groups in total. The van der Waals surface area contributed by atoms with Crippen molar-refractivity contribution in [3.05, 3.63) is 0 Å². The van der Waals surface area contributed by atoms with E-state index in [1.165, 1.54) is 122 Å². The average molecular weight is 438 g/mol. The van der Waals surface area contributed by atoms with Crippen LogP contribution in [0.25, 0.3) is 0 Å². The van der Waals surface area contributed by atoms with E-state index in [2.05, 4.69) is 16.7 Å². The summed E-state index contributed by atoms with van der Waals surface area (Å²) in [5, 5.41) is 8.95. The van der Waals surface area contributed by atoms with Crippen LogP contribution in [0.1, 0.15) is 129 Å². The Hall–Kier alpha value is -0.650. The maximum atomic E-state index is 11.8. The largest absolute Gasteiger partial charge is 0.289 e. The first kappa shape index (κ1) is 26.6. The number of hydroxylamine groups is 1. The van der Waals surface area contributed by atoms with Crippen molar-refractivity contribution >= 4 is 5.91 Å². The topological polar surface area (TPSA) is 55.8 Å². The number of rotatable bonds is 17. The standard InChI is InChI=1S/C26H51N3O2/c1-2-3-4-5-6-7-8-9-10-11-12-13-14-18-21-28-23-26(19-16-15-17-20-26)29(24-28)22-25(30)27-31/h31H,2-24H2,1H3,(H,27,30). The molecule has 0 aromatic carbocycles. The van der Waals surface area contributed by atoms with Crippen LogP contribution in [-0.2, 0) is 4.79 Å². The highest BCUT2D eigenvalue weighted by Crippen LogP contribution is 2.38. The van der Waals surface area contributed by atoms with Crippen LogP contribution in [0.4, 0.5) is 0 Å². The predicted octanol–water partition coefficient (Wildman–Crippen LogP) is 6.25. The van der Waals surface area contributed by atoms with Gasteiger partial charge in [0, 0.05) is 12.1 Å². The van der Waals surface area contributed by atoms with Gasteiger partial charge in [-0.1, -0.05) is 110 Å². The van der Waals surface area contributed by atoms with Crippen molar-refractivity contribution in [3.63, 3.8) is 0 Å². The molecule has 1 amide bonds. The Morgan fingerprint density at radius 3 is 1.84 bits per heavy atom. The predicted molar refractivity (Wildman–Crippen MR) is 129 cm³/mol. The molecule has 1 heterocycles. The molecule has 0 aromatic heterocycles. The first-order valence-corrected chi connectivity index (χ1v) is 13.6. The Bertz CT molecular complexity index is 466. The van der Waals surface area contributed by atoms with Crippen LogP contribution in [-0.4, -0.2) is 52.8 Å². The highest BCUT2D eigenvalue weighted by Gasteiger charge is 2.45. The number of amides is 1. The number of carbonyl (C=O) groups is 1. The fraction of sp³-hybridized carbons (Fsp3) is 0.962. The lowest BCUT2D eigenvalue weighted by Crippen LogP contribution is -2.50. The van der Waals surface area contributed by atoms with Crippen LogP contribution in [0.3, 0.4) is 0 Å². The average Bonchev–Trinajstić information content (AvgIpc) is 3.10. The molecule has 2 fully saturated rings. The van der Waals surface area contributed by atoms with Crippen LogP contribution in [0.5, 0.6) is 0 Å².